The highest BCUT2D eigenvalue weighted by Crippen LogP contribution is 2.23. The number of hydrogen-bond acceptors (Lipinski definition) is 4. The summed E-state index contributed by atoms with van der Waals surface area (Å²) in [6, 6.07) is 15.9. The molecule has 1 aromatic heterocycles. The van der Waals surface area contributed by atoms with Gasteiger partial charge in [0.2, 0.25) is 0 Å². The number of benzene rings is 2. The van der Waals surface area contributed by atoms with Crippen LogP contribution in [0.3, 0.4) is 0 Å². The van der Waals surface area contributed by atoms with Crippen LogP contribution in [0.25, 0.3) is 0 Å². The second kappa shape index (κ2) is 9.16. The SMILES string of the molecule is O=C(N/N=C/c1ccc(OCc2ccc(Cl)c(Cl)c2)cc1)c1ccncc1. The summed E-state index contributed by atoms with van der Waals surface area (Å²) in [6.07, 6.45) is 4.66. The number of hydrazone groups is 1. The summed E-state index contributed by atoms with van der Waals surface area (Å²) in [5, 5.41) is 4.96. The summed E-state index contributed by atoms with van der Waals surface area (Å²) >= 11 is 11.9. The number of pyridine rings is 1. The molecule has 0 saturated carbocycles. The summed E-state index contributed by atoms with van der Waals surface area (Å²) in [5.41, 5.74) is 4.71. The molecule has 0 aliphatic rings. The molecule has 0 bridgehead atoms. The van der Waals surface area contributed by atoms with E-state index in [4.69, 9.17) is 27.9 Å². The first-order valence-corrected chi connectivity index (χ1v) is 8.77. The van der Waals surface area contributed by atoms with Crippen LogP contribution < -0.4 is 10.2 Å². The first-order valence-electron chi connectivity index (χ1n) is 8.02. The topological polar surface area (TPSA) is 63.6 Å². The minimum absolute atomic E-state index is 0.296. The van der Waals surface area contributed by atoms with E-state index in [0.29, 0.717) is 28.0 Å². The molecule has 0 spiro atoms. The summed E-state index contributed by atoms with van der Waals surface area (Å²) in [6.45, 7) is 0.381. The van der Waals surface area contributed by atoms with Crippen LogP contribution in [0.2, 0.25) is 10.0 Å². The minimum atomic E-state index is -0.296. The minimum Gasteiger partial charge on any atom is -0.489 e. The number of halogens is 2. The van der Waals surface area contributed by atoms with Crippen molar-refractivity contribution in [2.45, 2.75) is 6.61 Å². The number of amides is 1. The number of aromatic nitrogens is 1. The maximum atomic E-state index is 11.9. The van der Waals surface area contributed by atoms with Crippen LogP contribution in [-0.2, 0) is 6.61 Å². The third-order valence-electron chi connectivity index (χ3n) is 3.59. The van der Waals surface area contributed by atoms with Gasteiger partial charge >= 0.3 is 0 Å². The highest BCUT2D eigenvalue weighted by Gasteiger charge is 2.03. The molecule has 0 fully saturated rings. The Balaban J connectivity index is 1.52. The lowest BCUT2D eigenvalue weighted by atomic mass is 10.2. The van der Waals surface area contributed by atoms with Gasteiger partial charge in [-0.1, -0.05) is 29.3 Å². The van der Waals surface area contributed by atoms with Gasteiger partial charge in [0.1, 0.15) is 12.4 Å². The van der Waals surface area contributed by atoms with Crippen LogP contribution >= 0.6 is 23.2 Å². The molecule has 1 N–H and O–H groups in total. The maximum absolute atomic E-state index is 11.9. The molecular formula is C20H15Cl2N3O2. The van der Waals surface area contributed by atoms with Gasteiger partial charge in [-0.15, -0.1) is 0 Å². The molecule has 0 atom stereocenters. The van der Waals surface area contributed by atoms with Gasteiger partial charge in [-0.2, -0.15) is 5.10 Å². The van der Waals surface area contributed by atoms with Crippen molar-refractivity contribution in [3.8, 4) is 5.75 Å². The molecule has 3 aromatic rings. The van der Waals surface area contributed by atoms with Gasteiger partial charge < -0.3 is 4.74 Å². The first kappa shape index (κ1) is 18.9. The second-order valence-corrected chi connectivity index (χ2v) is 6.36. The summed E-state index contributed by atoms with van der Waals surface area (Å²) in [5.74, 6) is 0.411. The van der Waals surface area contributed by atoms with E-state index in [1.54, 1.807) is 42.9 Å². The molecule has 0 radical (unpaired) electrons. The molecule has 0 saturated heterocycles. The van der Waals surface area contributed by atoms with Crippen LogP contribution in [-0.4, -0.2) is 17.1 Å². The smallest absolute Gasteiger partial charge is 0.271 e. The van der Waals surface area contributed by atoms with Gasteiger partial charge in [0.25, 0.3) is 5.91 Å². The number of nitrogens with one attached hydrogen (secondary N) is 1. The molecule has 136 valence electrons. The first-order chi connectivity index (χ1) is 13.1. The van der Waals surface area contributed by atoms with E-state index in [-0.39, 0.29) is 5.91 Å². The molecule has 0 unspecified atom stereocenters. The van der Waals surface area contributed by atoms with E-state index in [0.717, 1.165) is 11.1 Å². The predicted molar refractivity (Wildman–Crippen MR) is 107 cm³/mol. The monoisotopic (exact) mass is 399 g/mol. The number of nitrogens with zero attached hydrogens (tertiary/aromatic N) is 2. The van der Waals surface area contributed by atoms with E-state index in [1.807, 2.05) is 30.3 Å². The summed E-state index contributed by atoms with van der Waals surface area (Å²) in [4.78, 5) is 15.7. The van der Waals surface area contributed by atoms with Crippen molar-refractivity contribution in [3.63, 3.8) is 0 Å². The third-order valence-corrected chi connectivity index (χ3v) is 4.33. The quantitative estimate of drug-likeness (QED) is 0.481. The maximum Gasteiger partial charge on any atom is 0.271 e. The largest absolute Gasteiger partial charge is 0.489 e. The van der Waals surface area contributed by atoms with E-state index in [1.165, 1.54) is 0 Å². The number of rotatable bonds is 6. The van der Waals surface area contributed by atoms with Crippen molar-refractivity contribution < 1.29 is 9.53 Å². The molecule has 0 aliphatic carbocycles. The summed E-state index contributed by atoms with van der Waals surface area (Å²) in [7, 11) is 0. The molecule has 1 heterocycles. The average molecular weight is 400 g/mol. The van der Waals surface area contributed by atoms with Crippen LogP contribution in [0, 0.1) is 0 Å². The highest BCUT2D eigenvalue weighted by atomic mass is 35.5. The van der Waals surface area contributed by atoms with E-state index in [2.05, 4.69) is 15.5 Å². The average Bonchev–Trinajstić information content (AvgIpc) is 2.70. The number of hydrogen-bond donors (Lipinski definition) is 1. The van der Waals surface area contributed by atoms with Gasteiger partial charge in [0.15, 0.2) is 0 Å². The lowest BCUT2D eigenvalue weighted by Gasteiger charge is -2.07. The van der Waals surface area contributed by atoms with Crippen LogP contribution in [0.4, 0.5) is 0 Å². The normalized spacial score (nSPS) is 10.7. The van der Waals surface area contributed by atoms with Gasteiger partial charge in [-0.05, 0) is 59.7 Å². The molecule has 27 heavy (non-hydrogen) atoms. The third kappa shape index (κ3) is 5.54. The zero-order valence-corrected chi connectivity index (χ0v) is 15.6. The Hall–Kier alpha value is -2.89. The Kier molecular flexibility index (Phi) is 6.41. The van der Waals surface area contributed by atoms with Crippen molar-refractivity contribution in [2.75, 3.05) is 0 Å². The lowest BCUT2D eigenvalue weighted by molar-refractivity contribution is 0.0955. The van der Waals surface area contributed by atoms with Crippen LogP contribution in [0.5, 0.6) is 5.75 Å². The van der Waals surface area contributed by atoms with Gasteiger partial charge in [0, 0.05) is 18.0 Å². The predicted octanol–water partition coefficient (Wildman–Crippen LogP) is 4.73. The Labute approximate surface area is 166 Å². The highest BCUT2D eigenvalue weighted by molar-refractivity contribution is 6.42. The zero-order valence-electron chi connectivity index (χ0n) is 14.1. The van der Waals surface area contributed by atoms with Gasteiger partial charge in [-0.25, -0.2) is 5.43 Å². The Morgan fingerprint density at radius 3 is 2.48 bits per heavy atom. The van der Waals surface area contributed by atoms with Crippen molar-refractivity contribution in [1.82, 2.24) is 10.4 Å². The Morgan fingerprint density at radius 1 is 1.04 bits per heavy atom. The van der Waals surface area contributed by atoms with Crippen molar-refractivity contribution >= 4 is 35.3 Å². The van der Waals surface area contributed by atoms with Crippen molar-refractivity contribution in [3.05, 3.63) is 93.7 Å². The van der Waals surface area contributed by atoms with Crippen LogP contribution in [0.15, 0.2) is 72.1 Å². The number of carbonyl (C=O) groups is 1. The zero-order chi connectivity index (χ0) is 19.1. The molecule has 7 heteroatoms. The summed E-state index contributed by atoms with van der Waals surface area (Å²) < 4.78 is 5.72. The van der Waals surface area contributed by atoms with Crippen molar-refractivity contribution in [2.24, 2.45) is 5.10 Å². The van der Waals surface area contributed by atoms with Gasteiger partial charge in [0.05, 0.1) is 16.3 Å². The standard InChI is InChI=1S/C20H15Cl2N3O2/c21-18-6-3-15(11-19(18)22)13-27-17-4-1-14(2-5-17)12-24-25-20(26)16-7-9-23-10-8-16/h1-12H,13H2,(H,25,26)/b24-12+. The molecular weight excluding hydrogens is 385 g/mol. The van der Waals surface area contributed by atoms with Crippen molar-refractivity contribution in [1.29, 1.82) is 0 Å². The Morgan fingerprint density at radius 2 is 1.78 bits per heavy atom. The molecule has 1 amide bonds. The molecule has 0 aliphatic heterocycles. The number of ether oxygens (including phenoxy) is 1. The van der Waals surface area contributed by atoms with E-state index >= 15 is 0 Å². The van der Waals surface area contributed by atoms with E-state index < -0.39 is 0 Å². The lowest BCUT2D eigenvalue weighted by Crippen LogP contribution is -2.17. The second-order valence-electron chi connectivity index (χ2n) is 5.54. The fraction of sp³-hybridized carbons (Fsp3) is 0.0500. The van der Waals surface area contributed by atoms with Gasteiger partial charge in [-0.3, -0.25) is 9.78 Å². The number of carbonyl (C=O) groups excluding carboxylic acids is 1. The fourth-order valence-corrected chi connectivity index (χ4v) is 2.50. The molecule has 5 nitrogen and oxygen atoms in total. The molecule has 3 rings (SSSR count). The van der Waals surface area contributed by atoms with E-state index in [9.17, 15) is 4.79 Å². The molecule has 2 aromatic carbocycles. The fourth-order valence-electron chi connectivity index (χ4n) is 2.18. The Bertz CT molecular complexity index is 945. The van der Waals surface area contributed by atoms with Crippen LogP contribution in [0.1, 0.15) is 21.5 Å².